The number of esters is 1. The summed E-state index contributed by atoms with van der Waals surface area (Å²) in [6.07, 6.45) is 5.17. The Labute approximate surface area is 165 Å². The van der Waals surface area contributed by atoms with Crippen molar-refractivity contribution in [1.29, 1.82) is 0 Å². The van der Waals surface area contributed by atoms with Crippen LogP contribution in [0.3, 0.4) is 0 Å². The van der Waals surface area contributed by atoms with Crippen molar-refractivity contribution in [1.82, 2.24) is 4.31 Å². The second kappa shape index (κ2) is 7.21. The fourth-order valence-electron chi connectivity index (χ4n) is 4.51. The lowest BCUT2D eigenvalue weighted by Crippen LogP contribution is -2.49. The normalized spacial score (nSPS) is 33.9. The number of ether oxygens (including phenoxy) is 2. The number of allylic oxidation sites excluding steroid dienone is 1. The Kier molecular flexibility index (Phi) is 5.52. The Bertz CT molecular complexity index is 939. The summed E-state index contributed by atoms with van der Waals surface area (Å²) in [6.45, 7) is 1.57. The van der Waals surface area contributed by atoms with Crippen molar-refractivity contribution in [2.24, 2.45) is 11.1 Å². The summed E-state index contributed by atoms with van der Waals surface area (Å²) < 4.78 is 62.6. The van der Waals surface area contributed by atoms with Gasteiger partial charge in [-0.15, -0.1) is 0 Å². The maximum atomic E-state index is 13.7. The minimum absolute atomic E-state index is 0.0190. The second-order valence-electron chi connectivity index (χ2n) is 7.67. The van der Waals surface area contributed by atoms with Crippen LogP contribution in [0.2, 0.25) is 0 Å². The standard InChI is InChI=1S/C17H26N2O7S2/c1-17(26-3)8-7-12(27(18,21)22)10-15(17)28(23,24)19-13-6-4-5-11(13)9-14(19)16(20)25-2/h7,10-11,13-14H,4-6,8-9H2,1-3H3,(H2,18,21,22)/t11-,13-,14-,17-/m1/s1. The highest BCUT2D eigenvalue weighted by molar-refractivity contribution is 7.94. The lowest BCUT2D eigenvalue weighted by atomic mass is 9.97. The van der Waals surface area contributed by atoms with Gasteiger partial charge in [-0.1, -0.05) is 12.5 Å². The summed E-state index contributed by atoms with van der Waals surface area (Å²) in [5.41, 5.74) is -1.27. The fraction of sp³-hybridized carbons (Fsp3) is 0.706. The average Bonchev–Trinajstić information content (AvgIpc) is 3.20. The maximum Gasteiger partial charge on any atom is 0.324 e. The first kappa shape index (κ1) is 21.4. The Morgan fingerprint density at radius 3 is 2.50 bits per heavy atom. The molecule has 158 valence electrons. The number of carbonyl (C=O) groups excluding carboxylic acids is 1. The summed E-state index contributed by atoms with van der Waals surface area (Å²) in [6, 6.07) is -1.25. The van der Waals surface area contributed by atoms with Gasteiger partial charge in [0.05, 0.1) is 16.9 Å². The molecule has 3 aliphatic rings. The van der Waals surface area contributed by atoms with E-state index in [0.717, 1.165) is 18.9 Å². The number of fused-ring (bicyclic) bond motifs is 1. The predicted octanol–water partition coefficient (Wildman–Crippen LogP) is 0.597. The van der Waals surface area contributed by atoms with Gasteiger partial charge >= 0.3 is 5.97 Å². The molecule has 0 aromatic heterocycles. The van der Waals surface area contributed by atoms with Crippen LogP contribution in [-0.4, -0.2) is 59.0 Å². The Balaban J connectivity index is 2.13. The SMILES string of the molecule is COC(=O)[C@H]1C[C@H]2CCC[C@H]2N1S(=O)(=O)C1=CC(S(N)(=O)=O)=CC[C@@]1(C)OC. The van der Waals surface area contributed by atoms with Crippen molar-refractivity contribution in [3.63, 3.8) is 0 Å². The first-order valence-corrected chi connectivity index (χ1v) is 12.1. The number of nitrogens with two attached hydrogens (primary N) is 1. The Hall–Kier alpha value is -1.27. The monoisotopic (exact) mass is 434 g/mol. The number of hydrogen-bond donors (Lipinski definition) is 1. The van der Waals surface area contributed by atoms with Crippen LogP contribution in [0.4, 0.5) is 0 Å². The molecule has 1 aliphatic heterocycles. The molecule has 9 nitrogen and oxygen atoms in total. The number of nitrogens with zero attached hydrogens (tertiary/aromatic N) is 1. The van der Waals surface area contributed by atoms with Gasteiger partial charge in [-0.25, -0.2) is 22.0 Å². The molecule has 0 aromatic rings. The van der Waals surface area contributed by atoms with E-state index in [9.17, 15) is 21.6 Å². The van der Waals surface area contributed by atoms with Gasteiger partial charge in [0.1, 0.15) is 11.6 Å². The molecule has 0 spiro atoms. The predicted molar refractivity (Wildman–Crippen MR) is 102 cm³/mol. The zero-order valence-corrected chi connectivity index (χ0v) is 17.8. The number of primary sulfonamides is 1. The lowest BCUT2D eigenvalue weighted by Gasteiger charge is -2.37. The van der Waals surface area contributed by atoms with E-state index < -0.39 is 37.7 Å². The summed E-state index contributed by atoms with van der Waals surface area (Å²) in [4.78, 5) is 11.8. The van der Waals surface area contributed by atoms with E-state index in [1.54, 1.807) is 6.92 Å². The van der Waals surface area contributed by atoms with Gasteiger partial charge in [-0.05, 0) is 38.2 Å². The van der Waals surface area contributed by atoms with E-state index in [0.29, 0.717) is 12.8 Å². The molecule has 28 heavy (non-hydrogen) atoms. The summed E-state index contributed by atoms with van der Waals surface area (Å²) in [5.74, 6) is -0.541. The number of methoxy groups -OCH3 is 2. The molecular formula is C17H26N2O7S2. The van der Waals surface area contributed by atoms with Crippen LogP contribution in [-0.2, 0) is 34.3 Å². The number of hydrogen-bond acceptors (Lipinski definition) is 7. The van der Waals surface area contributed by atoms with Crippen molar-refractivity contribution >= 4 is 26.0 Å². The van der Waals surface area contributed by atoms with E-state index in [1.807, 2.05) is 0 Å². The molecule has 0 aromatic carbocycles. The molecule has 0 unspecified atom stereocenters. The minimum atomic E-state index is -4.23. The van der Waals surface area contributed by atoms with E-state index >= 15 is 0 Å². The van der Waals surface area contributed by atoms with Crippen molar-refractivity contribution in [2.45, 2.75) is 56.7 Å². The zero-order valence-electron chi connectivity index (χ0n) is 16.1. The van der Waals surface area contributed by atoms with E-state index in [2.05, 4.69) is 0 Å². The third-order valence-corrected chi connectivity index (χ3v) is 9.20. The quantitative estimate of drug-likeness (QED) is 0.626. The molecule has 1 saturated carbocycles. The van der Waals surface area contributed by atoms with Gasteiger partial charge in [0, 0.05) is 19.6 Å². The van der Waals surface area contributed by atoms with Crippen molar-refractivity contribution < 1.29 is 31.1 Å². The van der Waals surface area contributed by atoms with Gasteiger partial charge in [-0.2, -0.15) is 4.31 Å². The first-order chi connectivity index (χ1) is 13.0. The fourth-order valence-corrected chi connectivity index (χ4v) is 7.54. The number of sulfonamides is 2. The van der Waals surface area contributed by atoms with Gasteiger partial charge in [0.15, 0.2) is 0 Å². The van der Waals surface area contributed by atoms with Gasteiger partial charge in [0.2, 0.25) is 20.0 Å². The van der Waals surface area contributed by atoms with Gasteiger partial charge in [-0.3, -0.25) is 4.79 Å². The van der Waals surface area contributed by atoms with Crippen LogP contribution >= 0.6 is 0 Å². The minimum Gasteiger partial charge on any atom is -0.468 e. The van der Waals surface area contributed by atoms with E-state index in [-0.39, 0.29) is 28.2 Å². The molecule has 3 rings (SSSR count). The van der Waals surface area contributed by atoms with Gasteiger partial charge in [0.25, 0.3) is 0 Å². The molecule has 11 heteroatoms. The van der Waals surface area contributed by atoms with Crippen molar-refractivity contribution in [2.75, 3.05) is 14.2 Å². The van der Waals surface area contributed by atoms with Crippen LogP contribution in [0.5, 0.6) is 0 Å². The molecule has 1 heterocycles. The highest BCUT2D eigenvalue weighted by Crippen LogP contribution is 2.47. The van der Waals surface area contributed by atoms with E-state index in [1.165, 1.54) is 24.6 Å². The van der Waals surface area contributed by atoms with Gasteiger partial charge < -0.3 is 9.47 Å². The highest BCUT2D eigenvalue weighted by Gasteiger charge is 2.55. The third-order valence-electron chi connectivity index (χ3n) is 6.07. The van der Waals surface area contributed by atoms with Crippen LogP contribution in [0, 0.1) is 5.92 Å². The molecule has 2 N–H and O–H groups in total. The molecule has 0 radical (unpaired) electrons. The molecule has 4 atom stereocenters. The molecule has 2 fully saturated rings. The lowest BCUT2D eigenvalue weighted by molar-refractivity contribution is -0.144. The van der Waals surface area contributed by atoms with Crippen molar-refractivity contribution in [3.05, 3.63) is 22.0 Å². The molecule has 1 saturated heterocycles. The topological polar surface area (TPSA) is 133 Å². The molecular weight excluding hydrogens is 408 g/mol. The number of carbonyl (C=O) groups is 1. The molecule has 0 amide bonds. The van der Waals surface area contributed by atoms with Crippen LogP contribution in [0.15, 0.2) is 22.0 Å². The average molecular weight is 435 g/mol. The largest absolute Gasteiger partial charge is 0.468 e. The van der Waals surface area contributed by atoms with Crippen LogP contribution < -0.4 is 5.14 Å². The molecule has 0 bridgehead atoms. The van der Waals surface area contributed by atoms with Crippen LogP contribution in [0.1, 0.15) is 39.0 Å². The molecule has 2 aliphatic carbocycles. The van der Waals surface area contributed by atoms with E-state index in [4.69, 9.17) is 14.6 Å². The summed E-state index contributed by atoms with van der Waals surface area (Å²) in [5, 5.41) is 5.22. The Morgan fingerprint density at radius 2 is 1.93 bits per heavy atom. The zero-order chi connectivity index (χ0) is 20.9. The summed E-state index contributed by atoms with van der Waals surface area (Å²) in [7, 11) is -5.74. The smallest absolute Gasteiger partial charge is 0.324 e. The number of rotatable bonds is 5. The maximum absolute atomic E-state index is 13.7. The summed E-state index contributed by atoms with van der Waals surface area (Å²) >= 11 is 0. The first-order valence-electron chi connectivity index (χ1n) is 9.07. The van der Waals surface area contributed by atoms with Crippen molar-refractivity contribution in [3.8, 4) is 0 Å². The van der Waals surface area contributed by atoms with Crippen LogP contribution in [0.25, 0.3) is 0 Å². The Morgan fingerprint density at radius 1 is 1.25 bits per heavy atom. The third kappa shape index (κ3) is 3.43. The second-order valence-corrected chi connectivity index (χ2v) is 11.0. The highest BCUT2D eigenvalue weighted by atomic mass is 32.2.